The molecule has 2 aliphatic rings. The van der Waals surface area contributed by atoms with E-state index in [1.54, 1.807) is 17.0 Å². The number of nitrogens with one attached hydrogen (secondary N) is 1. The molecule has 14 heteroatoms. The van der Waals surface area contributed by atoms with E-state index in [2.05, 4.69) is 25.8 Å². The number of aromatic nitrogens is 3. The zero-order valence-corrected chi connectivity index (χ0v) is 19.0. The number of amides is 2. The molecule has 2 atom stereocenters. The highest BCUT2D eigenvalue weighted by molar-refractivity contribution is 8.00. The van der Waals surface area contributed by atoms with Crippen molar-refractivity contribution in [3.05, 3.63) is 47.7 Å². The number of carbonyl (C=O) groups excluding carboxylic acids is 3. The number of hydrogen-bond donors (Lipinski definition) is 2. The number of carbonyl (C=O) groups is 3. The summed E-state index contributed by atoms with van der Waals surface area (Å²) in [5.41, 5.74) is 5.62. The molecule has 174 valence electrons. The van der Waals surface area contributed by atoms with E-state index in [1.807, 2.05) is 18.2 Å². The predicted molar refractivity (Wildman–Crippen MR) is 119 cm³/mol. The summed E-state index contributed by atoms with van der Waals surface area (Å²) in [6, 6.07) is 4.48. The van der Waals surface area contributed by atoms with Crippen molar-refractivity contribution in [2.45, 2.75) is 18.0 Å². The molecule has 12 nitrogen and oxygen atoms in total. The lowest BCUT2D eigenvalue weighted by Crippen LogP contribution is -2.71. The van der Waals surface area contributed by atoms with E-state index in [0.29, 0.717) is 11.3 Å². The summed E-state index contributed by atoms with van der Waals surface area (Å²) in [5, 5.41) is 17.6. The number of hydrogen-bond acceptors (Lipinski definition) is 11. The van der Waals surface area contributed by atoms with Gasteiger partial charge in [0.15, 0.2) is 30.7 Å². The van der Waals surface area contributed by atoms with E-state index >= 15 is 0 Å². The van der Waals surface area contributed by atoms with E-state index in [0.717, 1.165) is 16.4 Å². The predicted octanol–water partition coefficient (Wildman–Crippen LogP) is -2.13. The summed E-state index contributed by atoms with van der Waals surface area (Å²) in [4.78, 5) is 47.6. The molecule has 0 aliphatic carbocycles. The number of rotatable bonds is 8. The Morgan fingerprint density at radius 2 is 2.18 bits per heavy atom. The van der Waals surface area contributed by atoms with Gasteiger partial charge in [-0.05, 0) is 0 Å². The Morgan fingerprint density at radius 1 is 1.41 bits per heavy atom. The lowest BCUT2D eigenvalue weighted by Gasteiger charge is -2.50. The number of terminal acetylenes is 1. The lowest BCUT2D eigenvalue weighted by atomic mass is 10.0. The highest BCUT2D eigenvalue weighted by atomic mass is 32.2. The van der Waals surface area contributed by atoms with Crippen LogP contribution in [-0.2, 0) is 25.8 Å². The molecule has 4 rings (SSSR count). The van der Waals surface area contributed by atoms with Crippen molar-refractivity contribution in [3.63, 3.8) is 0 Å². The minimum absolute atomic E-state index is 0.0885. The Hall–Kier alpha value is -3.96. The fourth-order valence-electron chi connectivity index (χ4n) is 3.41. The topological polar surface area (TPSA) is 167 Å². The van der Waals surface area contributed by atoms with Crippen molar-refractivity contribution in [1.82, 2.24) is 19.6 Å². The Morgan fingerprint density at radius 3 is 2.82 bits per heavy atom. The zero-order valence-electron chi connectivity index (χ0n) is 17.4. The average molecular weight is 500 g/mol. The second-order valence-corrected chi connectivity index (χ2v) is 8.91. The van der Waals surface area contributed by atoms with Crippen LogP contribution in [0.3, 0.4) is 0 Å². The molecule has 2 aromatic heterocycles. The van der Waals surface area contributed by atoms with E-state index in [9.17, 15) is 19.5 Å². The normalized spacial score (nSPS) is 19.7. The van der Waals surface area contributed by atoms with Gasteiger partial charge in [-0.1, -0.05) is 17.1 Å². The first-order valence-corrected chi connectivity index (χ1v) is 11.6. The molecular weight excluding hydrogens is 482 g/mol. The summed E-state index contributed by atoms with van der Waals surface area (Å²) >= 11 is 2.18. The van der Waals surface area contributed by atoms with E-state index < -0.39 is 29.2 Å². The summed E-state index contributed by atoms with van der Waals surface area (Å²) < 4.78 is 5.74. The van der Waals surface area contributed by atoms with Crippen molar-refractivity contribution in [2.75, 3.05) is 18.1 Å². The summed E-state index contributed by atoms with van der Waals surface area (Å²) in [6.07, 6.45) is 8.71. The van der Waals surface area contributed by atoms with Gasteiger partial charge in [-0.2, -0.15) is 9.36 Å². The summed E-state index contributed by atoms with van der Waals surface area (Å²) in [6.45, 7) is 0.0813. The van der Waals surface area contributed by atoms with Gasteiger partial charge in [0.25, 0.3) is 11.8 Å². The molecule has 4 heterocycles. The van der Waals surface area contributed by atoms with Gasteiger partial charge in [0, 0.05) is 35.0 Å². The lowest BCUT2D eigenvalue weighted by molar-refractivity contribution is -0.689. The van der Waals surface area contributed by atoms with Crippen LogP contribution in [0.2, 0.25) is 0 Å². The van der Waals surface area contributed by atoms with Crippen LogP contribution < -0.4 is 20.7 Å². The van der Waals surface area contributed by atoms with Crippen LogP contribution >= 0.6 is 23.3 Å². The van der Waals surface area contributed by atoms with Crippen LogP contribution in [0.15, 0.2) is 47.0 Å². The van der Waals surface area contributed by atoms with Crippen LogP contribution in [0.5, 0.6) is 0 Å². The average Bonchev–Trinajstić information content (AvgIpc) is 3.26. The third-order valence-corrected chi connectivity index (χ3v) is 6.73. The molecule has 0 bridgehead atoms. The number of nitrogen functional groups attached to an aromatic ring is 1. The van der Waals surface area contributed by atoms with Crippen LogP contribution in [0.1, 0.15) is 5.82 Å². The maximum Gasteiger partial charge on any atom is 0.278 e. The minimum atomic E-state index is -1.46. The maximum absolute atomic E-state index is 12.9. The molecule has 34 heavy (non-hydrogen) atoms. The monoisotopic (exact) mass is 499 g/mol. The number of nitrogens with two attached hydrogens (primary N) is 1. The van der Waals surface area contributed by atoms with Crippen molar-refractivity contribution >= 4 is 51.9 Å². The van der Waals surface area contributed by atoms with Crippen molar-refractivity contribution in [3.8, 4) is 12.3 Å². The molecule has 0 radical (unpaired) electrons. The summed E-state index contributed by atoms with van der Waals surface area (Å²) in [7, 11) is 0. The van der Waals surface area contributed by atoms with Crippen LogP contribution in [-0.4, -0.2) is 61.5 Å². The highest BCUT2D eigenvalue weighted by Gasteiger charge is 2.53. The summed E-state index contributed by atoms with van der Waals surface area (Å²) in [5.74, 6) is -0.384. The quantitative estimate of drug-likeness (QED) is 0.103. The number of anilines is 1. The second kappa shape index (κ2) is 9.89. The Balaban J connectivity index is 1.53. The third-order valence-electron chi connectivity index (χ3n) is 4.85. The molecule has 2 aliphatic heterocycles. The van der Waals surface area contributed by atoms with Gasteiger partial charge in [0.1, 0.15) is 11.4 Å². The molecule has 0 saturated carbocycles. The number of pyridine rings is 1. The molecular formula is C20H17N7O5S2. The first-order chi connectivity index (χ1) is 16.4. The molecule has 1 unspecified atom stereocenters. The number of carboxylic acids is 1. The first kappa shape index (κ1) is 23.2. The largest absolute Gasteiger partial charge is 0.543 e. The third kappa shape index (κ3) is 4.56. The van der Waals surface area contributed by atoms with Gasteiger partial charge in [0.05, 0.1) is 11.7 Å². The Kier molecular flexibility index (Phi) is 6.75. The first-order valence-electron chi connectivity index (χ1n) is 9.76. The number of nitrogens with zero attached hydrogens (tertiary/aromatic N) is 5. The van der Waals surface area contributed by atoms with Gasteiger partial charge >= 0.3 is 0 Å². The number of aliphatic carboxylic acids is 1. The zero-order chi connectivity index (χ0) is 24.2. The number of oxime groups is 1. The molecule has 0 aromatic carbocycles. The van der Waals surface area contributed by atoms with Crippen molar-refractivity contribution in [2.24, 2.45) is 5.16 Å². The smallest absolute Gasteiger partial charge is 0.278 e. The molecule has 3 N–H and O–H groups in total. The van der Waals surface area contributed by atoms with Gasteiger partial charge in [-0.3, -0.25) is 14.5 Å². The van der Waals surface area contributed by atoms with Crippen LogP contribution in [0.25, 0.3) is 0 Å². The van der Waals surface area contributed by atoms with E-state index in [-0.39, 0.29) is 35.5 Å². The van der Waals surface area contributed by atoms with Crippen LogP contribution in [0, 0.1) is 12.3 Å². The van der Waals surface area contributed by atoms with Crippen LogP contribution in [0.4, 0.5) is 5.13 Å². The van der Waals surface area contributed by atoms with Gasteiger partial charge in [-0.25, -0.2) is 4.57 Å². The van der Waals surface area contributed by atoms with Gasteiger partial charge in [0.2, 0.25) is 11.5 Å². The molecule has 2 aromatic rings. The number of fused-ring (bicyclic) bond motifs is 1. The van der Waals surface area contributed by atoms with E-state index in [4.69, 9.17) is 17.0 Å². The van der Waals surface area contributed by atoms with E-state index in [1.165, 1.54) is 11.8 Å². The van der Waals surface area contributed by atoms with Crippen molar-refractivity contribution in [1.29, 1.82) is 0 Å². The maximum atomic E-state index is 12.9. The fourth-order valence-corrected chi connectivity index (χ4v) is 5.18. The second-order valence-electron chi connectivity index (χ2n) is 7.02. The highest BCUT2D eigenvalue weighted by Crippen LogP contribution is 2.40. The Bertz CT molecular complexity index is 1240. The number of thioether (sulfide) groups is 1. The molecule has 2 amide bonds. The number of β-lactam (4-membered cyclic amide) rings is 1. The van der Waals surface area contributed by atoms with Gasteiger partial charge < -0.3 is 25.8 Å². The molecule has 1 saturated heterocycles. The fraction of sp³-hybridized carbons (Fsp3) is 0.250. The Labute approximate surface area is 201 Å². The SMILES string of the molecule is C#CCON=C(C(=O)NC1C(=O)N2C(C(=O)[O-])=C(C[n+]3ccccc3)CS[C@H]12)c1nsc(N)n1. The molecule has 0 spiro atoms. The van der Waals surface area contributed by atoms with Crippen molar-refractivity contribution < 1.29 is 28.9 Å². The number of carboxylic acid groups (broad SMARTS) is 1. The minimum Gasteiger partial charge on any atom is -0.543 e. The van der Waals surface area contributed by atoms with Gasteiger partial charge in [-0.15, -0.1) is 18.2 Å². The standard InChI is InChI=1S/C20H17N7O5S2/c1-2-8-32-24-12(15-23-20(21)34-25-15)16(28)22-13-17(29)27-14(19(30)31)11(10-33-18(13)27)9-26-6-4-3-5-7-26/h1,3-7,13,18H,8-10H2,(H3-,21,22,23,25,28,30,31)/t13?,18-/m1/s1. The molecule has 1 fully saturated rings.